The maximum Gasteiger partial charge on any atom is 0.451 e. The van der Waals surface area contributed by atoms with E-state index >= 15 is 0 Å². The molecule has 31 heavy (non-hydrogen) atoms. The summed E-state index contributed by atoms with van der Waals surface area (Å²) in [4.78, 5) is 7.86. The second-order valence-electron chi connectivity index (χ2n) is 8.22. The third-order valence-electron chi connectivity index (χ3n) is 5.39. The standard InChI is InChI=1S/C24H23F3N4/c1-13(2)17-6-5-7-18(14(3)4)20(17)16-8-9-19-15(12-16)10-11-28-21(19)22-29-23(31-30-22)24(25,26)27/h5-14H,1-4H3,(H,29,30,31). The van der Waals surface area contributed by atoms with Crippen LogP contribution in [0.15, 0.2) is 48.7 Å². The fraction of sp³-hybridized carbons (Fsp3) is 0.292. The average Bonchev–Trinajstić information content (AvgIpc) is 3.23. The minimum absolute atomic E-state index is 0.0730. The van der Waals surface area contributed by atoms with Crippen molar-refractivity contribution in [3.8, 4) is 22.6 Å². The minimum atomic E-state index is -4.59. The Labute approximate surface area is 178 Å². The van der Waals surface area contributed by atoms with Gasteiger partial charge in [-0.1, -0.05) is 58.0 Å². The summed E-state index contributed by atoms with van der Waals surface area (Å²) >= 11 is 0. The lowest BCUT2D eigenvalue weighted by Gasteiger charge is -2.20. The number of aromatic nitrogens is 4. The Bertz CT molecular complexity index is 1210. The molecule has 0 spiro atoms. The highest BCUT2D eigenvalue weighted by Gasteiger charge is 2.35. The van der Waals surface area contributed by atoms with Crippen molar-refractivity contribution in [1.82, 2.24) is 20.2 Å². The van der Waals surface area contributed by atoms with Crippen molar-refractivity contribution in [2.75, 3.05) is 0 Å². The Balaban J connectivity index is 1.88. The van der Waals surface area contributed by atoms with Crippen molar-refractivity contribution < 1.29 is 13.2 Å². The molecule has 0 atom stereocenters. The quantitative estimate of drug-likeness (QED) is 0.386. The van der Waals surface area contributed by atoms with E-state index in [1.165, 1.54) is 16.7 Å². The zero-order valence-corrected chi connectivity index (χ0v) is 17.7. The molecule has 160 valence electrons. The summed E-state index contributed by atoms with van der Waals surface area (Å²) in [6.45, 7) is 8.70. The van der Waals surface area contributed by atoms with Crippen LogP contribution in [0.5, 0.6) is 0 Å². The number of halogens is 3. The van der Waals surface area contributed by atoms with E-state index in [1.54, 1.807) is 6.20 Å². The highest BCUT2D eigenvalue weighted by Crippen LogP contribution is 2.38. The normalized spacial score (nSPS) is 12.3. The second kappa shape index (κ2) is 7.80. The first-order valence-corrected chi connectivity index (χ1v) is 10.2. The van der Waals surface area contributed by atoms with E-state index in [0.29, 0.717) is 22.9 Å². The Morgan fingerprint density at radius 2 is 1.58 bits per heavy atom. The third-order valence-corrected chi connectivity index (χ3v) is 5.39. The molecule has 0 saturated heterocycles. The molecule has 0 aliphatic heterocycles. The average molecular weight is 424 g/mol. The predicted molar refractivity (Wildman–Crippen MR) is 116 cm³/mol. The third kappa shape index (κ3) is 3.92. The number of rotatable bonds is 4. The molecule has 0 aliphatic carbocycles. The van der Waals surface area contributed by atoms with Gasteiger partial charge in [0.1, 0.15) is 5.69 Å². The van der Waals surface area contributed by atoms with Gasteiger partial charge in [0.05, 0.1) is 0 Å². The summed E-state index contributed by atoms with van der Waals surface area (Å²) in [5.41, 5.74) is 5.14. The summed E-state index contributed by atoms with van der Waals surface area (Å²) in [7, 11) is 0. The van der Waals surface area contributed by atoms with E-state index in [9.17, 15) is 13.2 Å². The molecule has 4 aromatic rings. The fourth-order valence-corrected chi connectivity index (χ4v) is 3.89. The molecule has 0 unspecified atom stereocenters. The summed E-state index contributed by atoms with van der Waals surface area (Å²) in [5.74, 6) is -0.501. The van der Waals surface area contributed by atoms with Gasteiger partial charge in [0.15, 0.2) is 0 Å². The molecule has 2 aromatic carbocycles. The van der Waals surface area contributed by atoms with Crippen LogP contribution in [0.2, 0.25) is 0 Å². The van der Waals surface area contributed by atoms with Gasteiger partial charge in [-0.15, -0.1) is 0 Å². The van der Waals surface area contributed by atoms with Gasteiger partial charge >= 0.3 is 6.18 Å². The first-order valence-electron chi connectivity index (χ1n) is 10.2. The topological polar surface area (TPSA) is 54.5 Å². The van der Waals surface area contributed by atoms with Crippen LogP contribution in [-0.4, -0.2) is 20.2 Å². The molecule has 2 aromatic heterocycles. The van der Waals surface area contributed by atoms with Crippen LogP contribution in [-0.2, 0) is 6.18 Å². The summed E-state index contributed by atoms with van der Waals surface area (Å²) in [5, 5.41) is 7.27. The minimum Gasteiger partial charge on any atom is -0.255 e. The van der Waals surface area contributed by atoms with Crippen molar-refractivity contribution in [1.29, 1.82) is 0 Å². The van der Waals surface area contributed by atoms with Gasteiger partial charge in [-0.25, -0.2) is 4.98 Å². The van der Waals surface area contributed by atoms with Crippen molar-refractivity contribution in [2.45, 2.75) is 45.7 Å². The highest BCUT2D eigenvalue weighted by atomic mass is 19.4. The van der Waals surface area contributed by atoms with Crippen LogP contribution < -0.4 is 0 Å². The van der Waals surface area contributed by atoms with Crippen LogP contribution in [0.1, 0.15) is 56.5 Å². The summed E-state index contributed by atoms with van der Waals surface area (Å²) < 4.78 is 38.8. The molecule has 7 heteroatoms. The van der Waals surface area contributed by atoms with Gasteiger partial charge in [0.2, 0.25) is 11.6 Å². The predicted octanol–water partition coefficient (Wildman–Crippen LogP) is 6.95. The van der Waals surface area contributed by atoms with Gasteiger partial charge in [0.25, 0.3) is 0 Å². The van der Waals surface area contributed by atoms with Crippen LogP contribution in [0.25, 0.3) is 33.4 Å². The van der Waals surface area contributed by atoms with Crippen LogP contribution in [0, 0.1) is 0 Å². The van der Waals surface area contributed by atoms with Gasteiger partial charge in [0, 0.05) is 11.6 Å². The molecule has 0 amide bonds. The van der Waals surface area contributed by atoms with Crippen LogP contribution in [0.4, 0.5) is 13.2 Å². The summed E-state index contributed by atoms with van der Waals surface area (Å²) in [6, 6.07) is 14.2. The number of nitrogens with one attached hydrogen (secondary N) is 1. The monoisotopic (exact) mass is 424 g/mol. The molecule has 1 N–H and O–H groups in total. The molecular weight excluding hydrogens is 401 g/mol. The number of pyridine rings is 1. The number of benzene rings is 2. The Morgan fingerprint density at radius 1 is 0.903 bits per heavy atom. The van der Waals surface area contributed by atoms with Gasteiger partial charge in [-0.3, -0.25) is 10.1 Å². The second-order valence-corrected chi connectivity index (χ2v) is 8.22. The largest absolute Gasteiger partial charge is 0.451 e. The van der Waals surface area contributed by atoms with E-state index < -0.39 is 12.0 Å². The molecule has 4 nitrogen and oxygen atoms in total. The fourth-order valence-electron chi connectivity index (χ4n) is 3.89. The molecule has 0 bridgehead atoms. The first-order chi connectivity index (χ1) is 14.7. The summed E-state index contributed by atoms with van der Waals surface area (Å²) in [6.07, 6.45) is -3.01. The Morgan fingerprint density at radius 3 is 2.16 bits per heavy atom. The number of hydrogen-bond donors (Lipinski definition) is 1. The zero-order valence-electron chi connectivity index (χ0n) is 17.7. The number of nitrogens with zero attached hydrogens (tertiary/aromatic N) is 3. The zero-order chi connectivity index (χ0) is 22.3. The molecular formula is C24H23F3N4. The molecule has 0 radical (unpaired) electrons. The van der Waals surface area contributed by atoms with E-state index in [4.69, 9.17) is 0 Å². The van der Waals surface area contributed by atoms with E-state index in [0.717, 1.165) is 10.9 Å². The highest BCUT2D eigenvalue weighted by molar-refractivity contribution is 5.96. The Kier molecular flexibility index (Phi) is 5.29. The van der Waals surface area contributed by atoms with Crippen molar-refractivity contribution >= 4 is 10.8 Å². The van der Waals surface area contributed by atoms with E-state index in [2.05, 4.69) is 67.0 Å². The van der Waals surface area contributed by atoms with Gasteiger partial charge in [-0.2, -0.15) is 18.3 Å². The maximum absolute atomic E-state index is 12.9. The molecule has 0 saturated carbocycles. The lowest BCUT2D eigenvalue weighted by molar-refractivity contribution is -0.144. The lowest BCUT2D eigenvalue weighted by Crippen LogP contribution is -2.07. The van der Waals surface area contributed by atoms with Gasteiger partial charge < -0.3 is 0 Å². The first kappa shape index (κ1) is 21.0. The molecule has 0 fully saturated rings. The smallest absolute Gasteiger partial charge is 0.255 e. The number of H-pyrrole nitrogens is 1. The number of aromatic amines is 1. The van der Waals surface area contributed by atoms with Crippen molar-refractivity contribution in [3.63, 3.8) is 0 Å². The van der Waals surface area contributed by atoms with Gasteiger partial charge in [-0.05, 0) is 51.6 Å². The maximum atomic E-state index is 12.9. The van der Waals surface area contributed by atoms with Crippen LogP contribution in [0.3, 0.4) is 0 Å². The SMILES string of the molecule is CC(C)c1cccc(C(C)C)c1-c1ccc2c(-c3n[nH]c(C(F)(F)F)n3)nccc2c1. The van der Waals surface area contributed by atoms with E-state index in [1.807, 2.05) is 23.3 Å². The number of fused-ring (bicyclic) bond motifs is 1. The molecule has 0 aliphatic rings. The lowest BCUT2D eigenvalue weighted by atomic mass is 9.84. The number of hydrogen-bond acceptors (Lipinski definition) is 3. The number of alkyl halides is 3. The molecule has 2 heterocycles. The molecule has 4 rings (SSSR count). The van der Waals surface area contributed by atoms with Crippen molar-refractivity contribution in [3.05, 3.63) is 65.6 Å². The van der Waals surface area contributed by atoms with Crippen LogP contribution >= 0.6 is 0 Å². The Hall–Kier alpha value is -3.22. The van der Waals surface area contributed by atoms with Crippen molar-refractivity contribution in [2.24, 2.45) is 0 Å². The van der Waals surface area contributed by atoms with E-state index in [-0.39, 0.29) is 5.82 Å².